The number of amides is 1. The third-order valence-corrected chi connectivity index (χ3v) is 2.63. The summed E-state index contributed by atoms with van der Waals surface area (Å²) in [6, 6.07) is 3.55. The Balaban J connectivity index is 2.29. The monoisotopic (exact) mass is 252 g/mol. The van der Waals surface area contributed by atoms with Gasteiger partial charge in [-0.1, -0.05) is 0 Å². The Morgan fingerprint density at radius 3 is 2.78 bits per heavy atom. The zero-order valence-electron chi connectivity index (χ0n) is 10.4. The van der Waals surface area contributed by atoms with E-state index in [4.69, 9.17) is 19.9 Å². The molecule has 1 aromatic rings. The van der Waals surface area contributed by atoms with Crippen molar-refractivity contribution in [1.29, 1.82) is 0 Å². The minimum Gasteiger partial charge on any atom is -0.480 e. The summed E-state index contributed by atoms with van der Waals surface area (Å²) in [5, 5.41) is 3.03. The van der Waals surface area contributed by atoms with Crippen molar-refractivity contribution < 1.29 is 19.0 Å². The zero-order chi connectivity index (χ0) is 13.1. The van der Waals surface area contributed by atoms with Crippen LogP contribution in [0.3, 0.4) is 0 Å². The molecule has 1 aliphatic rings. The lowest BCUT2D eigenvalue weighted by Crippen LogP contribution is -2.31. The summed E-state index contributed by atoms with van der Waals surface area (Å²) in [5.41, 5.74) is 6.07. The Kier molecular flexibility index (Phi) is 3.57. The maximum Gasteiger partial charge on any atom is 0.258 e. The molecule has 98 valence electrons. The number of nitrogens with one attached hydrogen (secondary N) is 1. The first kappa shape index (κ1) is 12.5. The minimum absolute atomic E-state index is 0.198. The fourth-order valence-corrected chi connectivity index (χ4v) is 1.65. The lowest BCUT2D eigenvalue weighted by atomic mass is 10.1. The van der Waals surface area contributed by atoms with E-state index >= 15 is 0 Å². The molecule has 0 radical (unpaired) electrons. The molecular weight excluding hydrogens is 236 g/mol. The first-order valence-corrected chi connectivity index (χ1v) is 5.65. The highest BCUT2D eigenvalue weighted by Gasteiger charge is 2.20. The molecule has 0 fully saturated rings. The van der Waals surface area contributed by atoms with E-state index in [-0.39, 0.29) is 6.79 Å². The van der Waals surface area contributed by atoms with Gasteiger partial charge < -0.3 is 25.3 Å². The van der Waals surface area contributed by atoms with E-state index in [1.165, 1.54) is 0 Å². The summed E-state index contributed by atoms with van der Waals surface area (Å²) in [7, 11) is 1.83. The average Bonchev–Trinajstić information content (AvgIpc) is 2.76. The molecule has 1 atom stereocenters. The minimum atomic E-state index is -0.694. The summed E-state index contributed by atoms with van der Waals surface area (Å²) in [5.74, 6) is 1.35. The van der Waals surface area contributed by atoms with E-state index in [9.17, 15) is 4.79 Å². The Labute approximate surface area is 105 Å². The van der Waals surface area contributed by atoms with Gasteiger partial charge in [-0.2, -0.15) is 0 Å². The van der Waals surface area contributed by atoms with Crippen molar-refractivity contribution in [3.05, 3.63) is 17.7 Å². The van der Waals surface area contributed by atoms with Crippen LogP contribution in [0.2, 0.25) is 0 Å². The second kappa shape index (κ2) is 5.14. The van der Waals surface area contributed by atoms with E-state index in [1.807, 2.05) is 13.1 Å². The van der Waals surface area contributed by atoms with Crippen LogP contribution >= 0.6 is 0 Å². The van der Waals surface area contributed by atoms with Gasteiger partial charge in [-0.3, -0.25) is 4.79 Å². The van der Waals surface area contributed by atoms with E-state index in [2.05, 4.69) is 5.32 Å². The normalized spacial score (nSPS) is 14.3. The van der Waals surface area contributed by atoms with Gasteiger partial charge in [0.1, 0.15) is 5.75 Å². The molecule has 6 nitrogen and oxygen atoms in total. The number of benzene rings is 1. The van der Waals surface area contributed by atoms with Crippen molar-refractivity contribution in [2.45, 2.75) is 19.6 Å². The molecule has 0 saturated carbocycles. The first-order chi connectivity index (χ1) is 8.61. The fraction of sp³-hybridized carbons (Fsp3) is 0.417. The highest BCUT2D eigenvalue weighted by Crippen LogP contribution is 2.38. The van der Waals surface area contributed by atoms with E-state index in [1.54, 1.807) is 13.0 Å². The third-order valence-electron chi connectivity index (χ3n) is 2.63. The molecule has 3 N–H and O–H groups in total. The van der Waals surface area contributed by atoms with E-state index in [0.717, 1.165) is 5.56 Å². The van der Waals surface area contributed by atoms with Gasteiger partial charge in [0.15, 0.2) is 17.6 Å². The lowest BCUT2D eigenvalue weighted by molar-refractivity contribution is -0.124. The molecule has 1 aromatic carbocycles. The SMILES string of the molecule is CNCc1cc2c(cc1OC(C)C(N)=O)OCO2. The average molecular weight is 252 g/mol. The van der Waals surface area contributed by atoms with Gasteiger partial charge in [0.25, 0.3) is 5.91 Å². The molecule has 1 aliphatic heterocycles. The van der Waals surface area contributed by atoms with Crippen molar-refractivity contribution in [2.75, 3.05) is 13.8 Å². The number of primary amides is 1. The number of hydrogen-bond acceptors (Lipinski definition) is 5. The van der Waals surface area contributed by atoms with Gasteiger partial charge in [0.05, 0.1) is 0 Å². The van der Waals surface area contributed by atoms with Gasteiger partial charge in [0, 0.05) is 18.2 Å². The van der Waals surface area contributed by atoms with Crippen LogP contribution in [-0.4, -0.2) is 25.9 Å². The maximum absolute atomic E-state index is 11.0. The smallest absolute Gasteiger partial charge is 0.258 e. The van der Waals surface area contributed by atoms with Gasteiger partial charge in [-0.15, -0.1) is 0 Å². The topological polar surface area (TPSA) is 82.8 Å². The van der Waals surface area contributed by atoms with Gasteiger partial charge >= 0.3 is 0 Å². The second-order valence-electron chi connectivity index (χ2n) is 4.01. The third kappa shape index (κ3) is 2.48. The highest BCUT2D eigenvalue weighted by atomic mass is 16.7. The van der Waals surface area contributed by atoms with Gasteiger partial charge in [0.2, 0.25) is 6.79 Å². The van der Waals surface area contributed by atoms with Crippen molar-refractivity contribution in [2.24, 2.45) is 5.73 Å². The summed E-state index contributed by atoms with van der Waals surface area (Å²) >= 11 is 0. The zero-order valence-corrected chi connectivity index (χ0v) is 10.4. The van der Waals surface area contributed by atoms with Crippen LogP contribution in [0.25, 0.3) is 0 Å². The van der Waals surface area contributed by atoms with Crippen LogP contribution in [0, 0.1) is 0 Å². The fourth-order valence-electron chi connectivity index (χ4n) is 1.65. The number of ether oxygens (including phenoxy) is 3. The standard InChI is InChI=1S/C12H16N2O4/c1-7(12(13)15)18-9-4-11-10(16-6-17-11)3-8(9)5-14-2/h3-4,7,14H,5-6H2,1-2H3,(H2,13,15). The molecule has 0 aromatic heterocycles. The summed E-state index contributed by atoms with van der Waals surface area (Å²) in [4.78, 5) is 11.0. The Hall–Kier alpha value is -1.95. The van der Waals surface area contributed by atoms with Crippen molar-refractivity contribution in [1.82, 2.24) is 5.32 Å². The number of nitrogens with two attached hydrogens (primary N) is 1. The van der Waals surface area contributed by atoms with Crippen LogP contribution in [0.4, 0.5) is 0 Å². The predicted molar refractivity (Wildman–Crippen MR) is 64.6 cm³/mol. The van der Waals surface area contributed by atoms with Crippen molar-refractivity contribution >= 4 is 5.91 Å². The molecular formula is C12H16N2O4. The Morgan fingerprint density at radius 1 is 1.50 bits per heavy atom. The number of hydrogen-bond donors (Lipinski definition) is 2. The number of carbonyl (C=O) groups is 1. The summed E-state index contributed by atoms with van der Waals surface area (Å²) in [6.07, 6.45) is -0.694. The molecule has 0 saturated heterocycles. The van der Waals surface area contributed by atoms with E-state index in [0.29, 0.717) is 23.8 Å². The number of rotatable bonds is 5. The van der Waals surface area contributed by atoms with Gasteiger partial charge in [-0.25, -0.2) is 0 Å². The molecule has 0 spiro atoms. The molecule has 18 heavy (non-hydrogen) atoms. The van der Waals surface area contributed by atoms with Crippen LogP contribution in [0.5, 0.6) is 17.2 Å². The maximum atomic E-state index is 11.0. The second-order valence-corrected chi connectivity index (χ2v) is 4.01. The van der Waals surface area contributed by atoms with Crippen LogP contribution in [0.1, 0.15) is 12.5 Å². The van der Waals surface area contributed by atoms with Crippen LogP contribution in [0.15, 0.2) is 12.1 Å². The Bertz CT molecular complexity index is 462. The van der Waals surface area contributed by atoms with Crippen LogP contribution < -0.4 is 25.3 Å². The number of fused-ring (bicyclic) bond motifs is 1. The molecule has 6 heteroatoms. The molecule has 1 unspecified atom stereocenters. The lowest BCUT2D eigenvalue weighted by Gasteiger charge is -2.15. The largest absolute Gasteiger partial charge is 0.480 e. The number of carbonyl (C=O) groups excluding carboxylic acids is 1. The quantitative estimate of drug-likeness (QED) is 0.792. The molecule has 0 aliphatic carbocycles. The van der Waals surface area contributed by atoms with Crippen molar-refractivity contribution in [3.63, 3.8) is 0 Å². The molecule has 0 bridgehead atoms. The highest BCUT2D eigenvalue weighted by molar-refractivity contribution is 5.78. The first-order valence-electron chi connectivity index (χ1n) is 5.65. The van der Waals surface area contributed by atoms with Crippen molar-refractivity contribution in [3.8, 4) is 17.2 Å². The molecule has 2 rings (SSSR count). The van der Waals surface area contributed by atoms with Gasteiger partial charge in [-0.05, 0) is 20.0 Å². The summed E-state index contributed by atoms with van der Waals surface area (Å²) < 4.78 is 16.1. The predicted octanol–water partition coefficient (Wildman–Crippen LogP) is 0.387. The summed E-state index contributed by atoms with van der Waals surface area (Å²) in [6.45, 7) is 2.40. The Morgan fingerprint density at radius 2 is 2.17 bits per heavy atom. The molecule has 1 heterocycles. The molecule has 1 amide bonds. The van der Waals surface area contributed by atoms with E-state index < -0.39 is 12.0 Å². The van der Waals surface area contributed by atoms with Crippen LogP contribution in [-0.2, 0) is 11.3 Å².